The highest BCUT2D eigenvalue weighted by molar-refractivity contribution is 7.98. The normalized spacial score (nSPS) is 10.9. The minimum absolute atomic E-state index is 0.732. The molecule has 138 valence electrons. The fourth-order valence-electron chi connectivity index (χ4n) is 2.64. The highest BCUT2D eigenvalue weighted by Gasteiger charge is 2.13. The maximum Gasteiger partial charge on any atom is 0.190 e. The fraction of sp³-hybridized carbons (Fsp3) is 0.158. The third kappa shape index (κ3) is 3.73. The molecule has 0 amide bonds. The molecule has 4 aromatic rings. The number of ether oxygens (including phenoxy) is 2. The third-order valence-corrected chi connectivity index (χ3v) is 6.41. The van der Waals surface area contributed by atoms with Gasteiger partial charge in [0.2, 0.25) is 0 Å². The number of hydrogen-bond acceptors (Lipinski definition) is 8. The number of nitrogens with one attached hydrogen (secondary N) is 1. The average Bonchev–Trinajstić information content (AvgIpc) is 3.33. The van der Waals surface area contributed by atoms with Crippen LogP contribution in [0.5, 0.6) is 11.5 Å². The van der Waals surface area contributed by atoms with E-state index in [2.05, 4.69) is 34.8 Å². The molecule has 0 aliphatic carbocycles. The Morgan fingerprint density at radius 2 is 1.89 bits per heavy atom. The summed E-state index contributed by atoms with van der Waals surface area (Å²) in [7, 11) is 3.28. The van der Waals surface area contributed by atoms with Crippen LogP contribution in [0, 0.1) is 0 Å². The Morgan fingerprint density at radius 3 is 2.67 bits per heavy atom. The molecule has 0 unspecified atom stereocenters. The monoisotopic (exact) mass is 415 g/mol. The molecular weight excluding hydrogens is 398 g/mol. The minimum Gasteiger partial charge on any atom is -0.497 e. The van der Waals surface area contributed by atoms with Gasteiger partial charge in [0.15, 0.2) is 10.3 Å². The van der Waals surface area contributed by atoms with Crippen LogP contribution in [0.4, 0.5) is 10.3 Å². The van der Waals surface area contributed by atoms with Crippen LogP contribution < -0.4 is 14.8 Å². The number of anilines is 2. The Hall–Kier alpha value is -2.29. The molecule has 4 rings (SSSR count). The summed E-state index contributed by atoms with van der Waals surface area (Å²) in [6.07, 6.45) is 2.08. The molecule has 0 fully saturated rings. The van der Waals surface area contributed by atoms with E-state index in [4.69, 9.17) is 14.5 Å². The van der Waals surface area contributed by atoms with Crippen LogP contribution in [-0.2, 0) is 0 Å². The van der Waals surface area contributed by atoms with Gasteiger partial charge in [0, 0.05) is 21.9 Å². The highest BCUT2D eigenvalue weighted by Crippen LogP contribution is 2.36. The SMILES string of the molecule is COc1ccc(-c2csc(Nc3nc4ccc(SC)cc4s3)n2)c(OC)c1. The van der Waals surface area contributed by atoms with Crippen molar-refractivity contribution >= 4 is 54.9 Å². The lowest BCUT2D eigenvalue weighted by molar-refractivity contribution is 0.395. The molecule has 0 radical (unpaired) electrons. The second-order valence-electron chi connectivity index (χ2n) is 5.58. The van der Waals surface area contributed by atoms with Crippen LogP contribution in [0.1, 0.15) is 0 Å². The first-order valence-electron chi connectivity index (χ1n) is 8.09. The number of methoxy groups -OCH3 is 2. The van der Waals surface area contributed by atoms with Crippen molar-refractivity contribution in [2.45, 2.75) is 4.90 Å². The zero-order valence-corrected chi connectivity index (χ0v) is 17.4. The molecule has 1 N–H and O–H groups in total. The first-order valence-corrected chi connectivity index (χ1v) is 11.0. The van der Waals surface area contributed by atoms with Gasteiger partial charge in [0.25, 0.3) is 0 Å². The predicted octanol–water partition coefficient (Wildman–Crippen LogP) is 5.90. The molecule has 0 saturated carbocycles. The average molecular weight is 416 g/mol. The molecule has 0 aliphatic rings. The van der Waals surface area contributed by atoms with E-state index in [1.54, 1.807) is 37.3 Å². The van der Waals surface area contributed by atoms with Crippen LogP contribution in [0.25, 0.3) is 21.5 Å². The lowest BCUT2D eigenvalue weighted by atomic mass is 10.1. The van der Waals surface area contributed by atoms with Crippen LogP contribution in [0.2, 0.25) is 0 Å². The van der Waals surface area contributed by atoms with Gasteiger partial charge in [-0.1, -0.05) is 11.3 Å². The molecule has 0 atom stereocenters. The number of nitrogens with zero attached hydrogens (tertiary/aromatic N) is 2. The molecule has 0 saturated heterocycles. The second kappa shape index (κ2) is 7.75. The van der Waals surface area contributed by atoms with Crippen molar-refractivity contribution < 1.29 is 9.47 Å². The van der Waals surface area contributed by atoms with Crippen molar-refractivity contribution in [1.29, 1.82) is 0 Å². The van der Waals surface area contributed by atoms with E-state index in [0.29, 0.717) is 0 Å². The van der Waals surface area contributed by atoms with Crippen LogP contribution in [0.3, 0.4) is 0 Å². The smallest absolute Gasteiger partial charge is 0.190 e. The summed E-state index contributed by atoms with van der Waals surface area (Å²) in [6.45, 7) is 0. The first-order chi connectivity index (χ1) is 13.2. The summed E-state index contributed by atoms with van der Waals surface area (Å²) in [5.74, 6) is 1.49. The van der Waals surface area contributed by atoms with E-state index < -0.39 is 0 Å². The number of hydrogen-bond donors (Lipinski definition) is 1. The summed E-state index contributed by atoms with van der Waals surface area (Å²) >= 11 is 4.90. The van der Waals surface area contributed by atoms with Crippen molar-refractivity contribution in [2.24, 2.45) is 0 Å². The summed E-state index contributed by atoms with van der Waals surface area (Å²) in [4.78, 5) is 10.6. The molecule has 0 spiro atoms. The van der Waals surface area contributed by atoms with Crippen LogP contribution >= 0.6 is 34.4 Å². The number of aromatic nitrogens is 2. The van der Waals surface area contributed by atoms with E-state index in [1.165, 1.54) is 16.2 Å². The predicted molar refractivity (Wildman–Crippen MR) is 115 cm³/mol. The molecule has 0 bridgehead atoms. The number of thioether (sulfide) groups is 1. The second-order valence-corrected chi connectivity index (χ2v) is 8.35. The molecule has 2 heterocycles. The summed E-state index contributed by atoms with van der Waals surface area (Å²) in [5, 5.41) is 6.97. The van der Waals surface area contributed by atoms with Crippen molar-refractivity contribution in [1.82, 2.24) is 9.97 Å². The fourth-order valence-corrected chi connectivity index (χ4v) is 4.83. The third-order valence-electron chi connectivity index (χ3n) is 4.00. The Morgan fingerprint density at radius 1 is 1.00 bits per heavy atom. The van der Waals surface area contributed by atoms with Gasteiger partial charge >= 0.3 is 0 Å². The van der Waals surface area contributed by atoms with Crippen LogP contribution in [-0.4, -0.2) is 30.4 Å². The van der Waals surface area contributed by atoms with Crippen molar-refractivity contribution in [2.75, 3.05) is 25.8 Å². The molecular formula is C19H17N3O2S3. The lowest BCUT2D eigenvalue weighted by Crippen LogP contribution is -1.91. The van der Waals surface area contributed by atoms with Gasteiger partial charge < -0.3 is 14.8 Å². The largest absolute Gasteiger partial charge is 0.497 e. The van der Waals surface area contributed by atoms with Gasteiger partial charge in [-0.3, -0.25) is 0 Å². The van der Waals surface area contributed by atoms with Gasteiger partial charge in [0.1, 0.15) is 11.5 Å². The van der Waals surface area contributed by atoms with Gasteiger partial charge in [-0.2, -0.15) is 0 Å². The van der Waals surface area contributed by atoms with E-state index >= 15 is 0 Å². The van der Waals surface area contributed by atoms with Gasteiger partial charge in [-0.05, 0) is 36.6 Å². The molecule has 2 aromatic carbocycles. The minimum atomic E-state index is 0.732. The molecule has 0 aliphatic heterocycles. The van der Waals surface area contributed by atoms with E-state index in [1.807, 2.05) is 23.6 Å². The van der Waals surface area contributed by atoms with E-state index in [0.717, 1.165) is 43.2 Å². The first kappa shape index (κ1) is 18.1. The van der Waals surface area contributed by atoms with Crippen molar-refractivity contribution in [3.8, 4) is 22.8 Å². The maximum atomic E-state index is 5.48. The molecule has 8 heteroatoms. The van der Waals surface area contributed by atoms with E-state index in [-0.39, 0.29) is 0 Å². The standard InChI is InChI=1S/C19H17N3O2S3/c1-23-11-4-6-13(16(8-11)24-2)15-10-26-18(21-15)22-19-20-14-7-5-12(25-3)9-17(14)27-19/h4-10H,1-3H3,(H,20,21,22). The Kier molecular flexibility index (Phi) is 5.20. The van der Waals surface area contributed by atoms with Crippen molar-refractivity contribution in [3.05, 3.63) is 41.8 Å². The number of benzene rings is 2. The maximum absolute atomic E-state index is 5.48. The summed E-state index contributed by atoms with van der Waals surface area (Å²) in [5.41, 5.74) is 2.78. The van der Waals surface area contributed by atoms with Gasteiger partial charge in [-0.25, -0.2) is 9.97 Å². The zero-order chi connectivity index (χ0) is 18.8. The van der Waals surface area contributed by atoms with Crippen LogP contribution in [0.15, 0.2) is 46.7 Å². The topological polar surface area (TPSA) is 56.3 Å². The van der Waals surface area contributed by atoms with E-state index in [9.17, 15) is 0 Å². The Bertz CT molecular complexity index is 1090. The highest BCUT2D eigenvalue weighted by atomic mass is 32.2. The Labute approximate surface area is 169 Å². The van der Waals surface area contributed by atoms with Gasteiger partial charge in [-0.15, -0.1) is 23.1 Å². The number of fused-ring (bicyclic) bond motifs is 1. The number of rotatable bonds is 6. The van der Waals surface area contributed by atoms with Crippen molar-refractivity contribution in [3.63, 3.8) is 0 Å². The quantitative estimate of drug-likeness (QED) is 0.396. The molecule has 27 heavy (non-hydrogen) atoms. The van der Waals surface area contributed by atoms with Gasteiger partial charge in [0.05, 0.1) is 30.1 Å². The molecule has 2 aromatic heterocycles. The summed E-state index contributed by atoms with van der Waals surface area (Å²) in [6, 6.07) is 12.0. The summed E-state index contributed by atoms with van der Waals surface area (Å²) < 4.78 is 11.9. The Balaban J connectivity index is 1.60. The molecule has 5 nitrogen and oxygen atoms in total. The number of thiazole rings is 2. The lowest BCUT2D eigenvalue weighted by Gasteiger charge is -2.08. The zero-order valence-electron chi connectivity index (χ0n) is 15.0.